The van der Waals surface area contributed by atoms with E-state index in [1.54, 1.807) is 19.9 Å². The minimum absolute atomic E-state index is 0.307. The Labute approximate surface area is 80.7 Å². The molecule has 0 aliphatic carbocycles. The van der Waals surface area contributed by atoms with Crippen molar-refractivity contribution in [3.63, 3.8) is 0 Å². The van der Waals surface area contributed by atoms with Crippen molar-refractivity contribution in [2.75, 3.05) is 0 Å². The average molecular weight is 197 g/mol. The number of nitriles is 1. The molecule has 0 aliphatic heterocycles. The zero-order chi connectivity index (χ0) is 10.7. The summed E-state index contributed by atoms with van der Waals surface area (Å²) in [4.78, 5) is 0. The van der Waals surface area contributed by atoms with Crippen molar-refractivity contribution >= 4 is 0 Å². The maximum absolute atomic E-state index is 13.1. The van der Waals surface area contributed by atoms with Gasteiger partial charge in [0.15, 0.2) is 11.6 Å². The molecule has 1 rings (SSSR count). The second-order valence-electron chi connectivity index (χ2n) is 3.01. The van der Waals surface area contributed by atoms with Gasteiger partial charge in [0, 0.05) is 0 Å². The summed E-state index contributed by atoms with van der Waals surface area (Å²) in [5, 5.41) is 8.60. The molecule has 0 saturated heterocycles. The Balaban J connectivity index is 3.25. The Morgan fingerprint density at radius 2 is 1.86 bits per heavy atom. The first kappa shape index (κ1) is 10.5. The topological polar surface area (TPSA) is 33.0 Å². The third kappa shape index (κ3) is 1.99. The van der Waals surface area contributed by atoms with Crippen LogP contribution in [0, 0.1) is 23.0 Å². The fourth-order valence-corrected chi connectivity index (χ4v) is 0.988. The highest BCUT2D eigenvalue weighted by atomic mass is 19.1. The number of nitrogens with zero attached hydrogens (tertiary/aromatic N) is 1. The van der Waals surface area contributed by atoms with Crippen molar-refractivity contribution in [1.82, 2.24) is 0 Å². The van der Waals surface area contributed by atoms with Crippen LogP contribution in [0.5, 0.6) is 5.75 Å². The predicted molar refractivity (Wildman–Crippen MR) is 46.8 cm³/mol. The van der Waals surface area contributed by atoms with E-state index in [2.05, 4.69) is 0 Å². The summed E-state index contributed by atoms with van der Waals surface area (Å²) in [6.07, 6.45) is -0.307. The summed E-state index contributed by atoms with van der Waals surface area (Å²) in [5.74, 6) is -1.82. The summed E-state index contributed by atoms with van der Waals surface area (Å²) in [6.45, 7) is 3.34. The maximum atomic E-state index is 13.1. The lowest BCUT2D eigenvalue weighted by Gasteiger charge is -2.11. The molecule has 4 heteroatoms. The summed E-state index contributed by atoms with van der Waals surface area (Å²) in [6, 6.07) is 3.41. The second kappa shape index (κ2) is 4.05. The summed E-state index contributed by atoms with van der Waals surface area (Å²) in [5.41, 5.74) is -0.390. The quantitative estimate of drug-likeness (QED) is 0.730. The van der Waals surface area contributed by atoms with Gasteiger partial charge in [-0.3, -0.25) is 0 Å². The highest BCUT2D eigenvalue weighted by molar-refractivity contribution is 5.44. The minimum Gasteiger partial charge on any atom is -0.486 e. The lowest BCUT2D eigenvalue weighted by Crippen LogP contribution is -2.09. The predicted octanol–water partition coefficient (Wildman–Crippen LogP) is 2.62. The Morgan fingerprint density at radius 3 is 2.36 bits per heavy atom. The van der Waals surface area contributed by atoms with Gasteiger partial charge < -0.3 is 4.74 Å². The number of benzene rings is 1. The lowest BCUT2D eigenvalue weighted by molar-refractivity contribution is 0.229. The van der Waals surface area contributed by atoms with Crippen molar-refractivity contribution in [2.24, 2.45) is 0 Å². The SMILES string of the molecule is CC(C)Oc1c(F)ccc(F)c1C#N. The van der Waals surface area contributed by atoms with Crippen LogP contribution in [0.1, 0.15) is 19.4 Å². The summed E-state index contributed by atoms with van der Waals surface area (Å²) >= 11 is 0. The molecule has 74 valence electrons. The van der Waals surface area contributed by atoms with Crippen molar-refractivity contribution in [1.29, 1.82) is 5.26 Å². The van der Waals surface area contributed by atoms with Gasteiger partial charge in [-0.05, 0) is 26.0 Å². The minimum atomic E-state index is -0.774. The molecular weight excluding hydrogens is 188 g/mol. The van der Waals surface area contributed by atoms with Crippen LogP contribution in [0.25, 0.3) is 0 Å². The van der Waals surface area contributed by atoms with E-state index >= 15 is 0 Å². The first-order valence-electron chi connectivity index (χ1n) is 4.11. The number of halogens is 2. The van der Waals surface area contributed by atoms with Crippen LogP contribution in [0.3, 0.4) is 0 Å². The summed E-state index contributed by atoms with van der Waals surface area (Å²) < 4.78 is 31.2. The Morgan fingerprint density at radius 1 is 1.29 bits per heavy atom. The van der Waals surface area contributed by atoms with Crippen LogP contribution in [0.4, 0.5) is 8.78 Å². The molecule has 0 N–H and O–H groups in total. The van der Waals surface area contributed by atoms with Gasteiger partial charge in [0.2, 0.25) is 0 Å². The molecule has 0 bridgehead atoms. The maximum Gasteiger partial charge on any atom is 0.176 e. The highest BCUT2D eigenvalue weighted by Crippen LogP contribution is 2.25. The number of hydrogen-bond acceptors (Lipinski definition) is 2. The first-order chi connectivity index (χ1) is 6.56. The fraction of sp³-hybridized carbons (Fsp3) is 0.300. The van der Waals surface area contributed by atoms with Crippen LogP contribution in [-0.2, 0) is 0 Å². The molecule has 0 aliphatic rings. The molecule has 0 fully saturated rings. The van der Waals surface area contributed by atoms with Crippen LogP contribution < -0.4 is 4.74 Å². The van der Waals surface area contributed by atoms with Gasteiger partial charge in [-0.15, -0.1) is 0 Å². The van der Waals surface area contributed by atoms with Gasteiger partial charge in [0.25, 0.3) is 0 Å². The average Bonchev–Trinajstić information content (AvgIpc) is 2.11. The van der Waals surface area contributed by atoms with E-state index in [-0.39, 0.29) is 11.9 Å². The van der Waals surface area contributed by atoms with Gasteiger partial charge in [-0.2, -0.15) is 5.26 Å². The zero-order valence-electron chi connectivity index (χ0n) is 7.84. The zero-order valence-corrected chi connectivity index (χ0v) is 7.84. The van der Waals surface area contributed by atoms with Crippen molar-refractivity contribution in [3.05, 3.63) is 29.3 Å². The van der Waals surface area contributed by atoms with Crippen molar-refractivity contribution in [2.45, 2.75) is 20.0 Å². The van der Waals surface area contributed by atoms with Gasteiger partial charge in [0.05, 0.1) is 6.10 Å². The van der Waals surface area contributed by atoms with Crippen LogP contribution in [0.2, 0.25) is 0 Å². The number of rotatable bonds is 2. The van der Waals surface area contributed by atoms with Gasteiger partial charge >= 0.3 is 0 Å². The third-order valence-electron chi connectivity index (χ3n) is 1.52. The molecule has 0 amide bonds. The first-order valence-corrected chi connectivity index (χ1v) is 4.11. The Bertz CT molecular complexity index is 382. The van der Waals surface area contributed by atoms with Crippen molar-refractivity contribution in [3.8, 4) is 11.8 Å². The number of hydrogen-bond donors (Lipinski definition) is 0. The molecule has 0 radical (unpaired) electrons. The second-order valence-corrected chi connectivity index (χ2v) is 3.01. The normalized spacial score (nSPS) is 10.0. The van der Waals surface area contributed by atoms with Gasteiger partial charge in [0.1, 0.15) is 17.4 Å². The van der Waals surface area contributed by atoms with E-state index in [9.17, 15) is 8.78 Å². The lowest BCUT2D eigenvalue weighted by atomic mass is 10.2. The van der Waals surface area contributed by atoms with Crippen molar-refractivity contribution < 1.29 is 13.5 Å². The standard InChI is InChI=1S/C10H9F2NO/c1-6(2)14-10-7(5-13)8(11)3-4-9(10)12/h3-4,6H,1-2H3. The molecule has 1 aromatic carbocycles. The largest absolute Gasteiger partial charge is 0.486 e. The molecule has 0 atom stereocenters. The molecule has 1 aromatic rings. The molecule has 0 saturated carbocycles. The van der Waals surface area contributed by atoms with E-state index < -0.39 is 17.2 Å². The van der Waals surface area contributed by atoms with E-state index in [0.29, 0.717) is 0 Å². The van der Waals surface area contributed by atoms with E-state index in [0.717, 1.165) is 12.1 Å². The van der Waals surface area contributed by atoms with Crippen LogP contribution >= 0.6 is 0 Å². The smallest absolute Gasteiger partial charge is 0.176 e. The number of ether oxygens (including phenoxy) is 1. The molecular formula is C10H9F2NO. The molecule has 0 aromatic heterocycles. The summed E-state index contributed by atoms with van der Waals surface area (Å²) in [7, 11) is 0. The van der Waals surface area contributed by atoms with E-state index in [1.165, 1.54) is 0 Å². The molecule has 0 spiro atoms. The Hall–Kier alpha value is -1.63. The third-order valence-corrected chi connectivity index (χ3v) is 1.52. The fourth-order valence-electron chi connectivity index (χ4n) is 0.988. The molecule has 0 heterocycles. The van der Waals surface area contributed by atoms with Gasteiger partial charge in [-0.1, -0.05) is 0 Å². The van der Waals surface area contributed by atoms with Crippen LogP contribution in [0.15, 0.2) is 12.1 Å². The van der Waals surface area contributed by atoms with Gasteiger partial charge in [-0.25, -0.2) is 8.78 Å². The Kier molecular flexibility index (Phi) is 3.03. The molecule has 2 nitrogen and oxygen atoms in total. The highest BCUT2D eigenvalue weighted by Gasteiger charge is 2.15. The molecule has 14 heavy (non-hydrogen) atoms. The van der Waals surface area contributed by atoms with E-state index in [4.69, 9.17) is 10.00 Å². The van der Waals surface area contributed by atoms with E-state index in [1.807, 2.05) is 0 Å². The van der Waals surface area contributed by atoms with Crippen LogP contribution in [-0.4, -0.2) is 6.10 Å². The molecule has 0 unspecified atom stereocenters. The monoisotopic (exact) mass is 197 g/mol.